The maximum atomic E-state index is 2.34. The zero-order chi connectivity index (χ0) is 8.10. The predicted octanol–water partition coefficient (Wildman–Crippen LogP) is 5.28. The highest BCUT2D eigenvalue weighted by molar-refractivity contribution is 4.69. The molecule has 0 spiro atoms. The normalized spacial score (nSPS) is 20.8. The van der Waals surface area contributed by atoms with E-state index in [9.17, 15) is 0 Å². The van der Waals surface area contributed by atoms with E-state index in [0.29, 0.717) is 0 Å². The zero-order valence-electron chi connectivity index (χ0n) is 8.10. The first-order chi connectivity index (χ1) is 5.33. The van der Waals surface area contributed by atoms with Gasteiger partial charge in [0.1, 0.15) is 0 Å². The minimum atomic E-state index is 0. The Morgan fingerprint density at radius 1 is 0.923 bits per heavy atom. The van der Waals surface area contributed by atoms with Gasteiger partial charge in [-0.15, -0.1) is 0 Å². The molecule has 2 fully saturated rings. The molecular formula is C13H30. The predicted molar refractivity (Wildman–Crippen MR) is 64.1 cm³/mol. The van der Waals surface area contributed by atoms with E-state index in [1.165, 1.54) is 44.9 Å². The molecule has 0 aliphatic heterocycles. The lowest BCUT2D eigenvalue weighted by atomic mass is 10.2. The molecule has 2 aliphatic rings. The Morgan fingerprint density at radius 2 is 1.38 bits per heavy atom. The van der Waals surface area contributed by atoms with Crippen molar-refractivity contribution in [1.29, 1.82) is 0 Å². The molecule has 2 rings (SSSR count). The molecule has 0 aromatic carbocycles. The van der Waals surface area contributed by atoms with Crippen molar-refractivity contribution in [2.75, 3.05) is 0 Å². The molecule has 0 bridgehead atoms. The Labute approximate surface area is 86.1 Å². The van der Waals surface area contributed by atoms with Crippen LogP contribution in [0.1, 0.15) is 73.6 Å². The Bertz CT molecular complexity index is 86.2. The fraction of sp³-hybridized carbons (Fsp3) is 1.00. The molecular weight excluding hydrogens is 156 g/mol. The van der Waals surface area contributed by atoms with E-state index in [1.54, 1.807) is 0 Å². The first-order valence-electron chi connectivity index (χ1n) is 5.33. The van der Waals surface area contributed by atoms with Gasteiger partial charge in [-0.3, -0.25) is 0 Å². The average molecular weight is 186 g/mol. The van der Waals surface area contributed by atoms with Crippen LogP contribution in [-0.4, -0.2) is 0 Å². The molecule has 0 aromatic heterocycles. The zero-order valence-corrected chi connectivity index (χ0v) is 8.10. The Balaban J connectivity index is 0. The quantitative estimate of drug-likeness (QED) is 0.523. The summed E-state index contributed by atoms with van der Waals surface area (Å²) in [6.45, 7) is 4.60. The van der Waals surface area contributed by atoms with Crippen LogP contribution in [0.25, 0.3) is 0 Å². The summed E-state index contributed by atoms with van der Waals surface area (Å²) in [5.74, 6) is 2.18. The van der Waals surface area contributed by atoms with Crippen molar-refractivity contribution in [3.8, 4) is 0 Å². The number of rotatable bonds is 1. The maximum Gasteiger partial charge on any atom is -0.0417 e. The topological polar surface area (TPSA) is 0 Å². The smallest absolute Gasteiger partial charge is 0.0417 e. The van der Waals surface area contributed by atoms with Gasteiger partial charge in [-0.1, -0.05) is 73.6 Å². The molecule has 0 atom stereocenters. The average Bonchev–Trinajstić information content (AvgIpc) is 2.75. The molecule has 2 aliphatic carbocycles. The Morgan fingerprint density at radius 3 is 1.46 bits per heavy atom. The molecule has 0 amide bonds. The van der Waals surface area contributed by atoms with Gasteiger partial charge in [0.15, 0.2) is 0 Å². The van der Waals surface area contributed by atoms with E-state index in [0.717, 1.165) is 11.8 Å². The third kappa shape index (κ3) is 8.33. The highest BCUT2D eigenvalue weighted by Crippen LogP contribution is 2.31. The van der Waals surface area contributed by atoms with E-state index in [2.05, 4.69) is 13.8 Å². The molecule has 0 saturated heterocycles. The molecule has 0 aromatic rings. The second-order valence-electron chi connectivity index (χ2n) is 4.24. The number of hydrogen-bond donors (Lipinski definition) is 0. The van der Waals surface area contributed by atoms with Crippen molar-refractivity contribution in [2.24, 2.45) is 11.8 Å². The summed E-state index contributed by atoms with van der Waals surface area (Å²) >= 11 is 0. The van der Waals surface area contributed by atoms with E-state index in [-0.39, 0.29) is 14.9 Å². The molecule has 0 N–H and O–H groups in total. The molecule has 0 heteroatoms. The van der Waals surface area contributed by atoms with Gasteiger partial charge in [-0.2, -0.15) is 0 Å². The second-order valence-corrected chi connectivity index (χ2v) is 4.24. The van der Waals surface area contributed by atoms with Crippen LogP contribution in [0.15, 0.2) is 0 Å². The third-order valence-electron chi connectivity index (χ3n) is 2.92. The van der Waals surface area contributed by atoms with E-state index in [4.69, 9.17) is 0 Å². The lowest BCUT2D eigenvalue weighted by molar-refractivity contribution is 0.612. The van der Waals surface area contributed by atoms with Crippen LogP contribution in [0.5, 0.6) is 0 Å². The SMILES string of the molecule is C.C.CC1CCCC1.CCC1CC1. The molecule has 0 unspecified atom stereocenters. The summed E-state index contributed by atoms with van der Waals surface area (Å²) < 4.78 is 0. The lowest BCUT2D eigenvalue weighted by Gasteiger charge is -1.91. The van der Waals surface area contributed by atoms with E-state index in [1.807, 2.05) is 0 Å². The van der Waals surface area contributed by atoms with Crippen molar-refractivity contribution in [3.05, 3.63) is 0 Å². The van der Waals surface area contributed by atoms with Crippen molar-refractivity contribution in [1.82, 2.24) is 0 Å². The van der Waals surface area contributed by atoms with Crippen LogP contribution in [0, 0.1) is 11.8 Å². The first kappa shape index (κ1) is 15.5. The van der Waals surface area contributed by atoms with Gasteiger partial charge >= 0.3 is 0 Å². The summed E-state index contributed by atoms with van der Waals surface area (Å²) in [5.41, 5.74) is 0. The van der Waals surface area contributed by atoms with Gasteiger partial charge in [0.25, 0.3) is 0 Å². The van der Waals surface area contributed by atoms with Crippen LogP contribution < -0.4 is 0 Å². The monoisotopic (exact) mass is 186 g/mol. The standard InChI is InChI=1S/C6H12.C5H10.2CH4/c1-6-4-2-3-5-6;1-2-5-3-4-5;;/h6H,2-5H2,1H3;5H,2-4H2,1H3;2*1H4. The van der Waals surface area contributed by atoms with Gasteiger partial charge in [-0.05, 0) is 11.8 Å². The van der Waals surface area contributed by atoms with Crippen LogP contribution in [0.2, 0.25) is 0 Å². The maximum absolute atomic E-state index is 2.34. The molecule has 0 radical (unpaired) electrons. The summed E-state index contributed by atoms with van der Waals surface area (Å²) in [4.78, 5) is 0. The Kier molecular flexibility index (Phi) is 10.2. The van der Waals surface area contributed by atoms with Crippen molar-refractivity contribution in [2.45, 2.75) is 73.6 Å². The summed E-state index contributed by atoms with van der Waals surface area (Å²) in [6, 6.07) is 0. The van der Waals surface area contributed by atoms with Crippen LogP contribution in [0.3, 0.4) is 0 Å². The Hall–Kier alpha value is 0. The van der Waals surface area contributed by atoms with Gasteiger partial charge in [-0.25, -0.2) is 0 Å². The van der Waals surface area contributed by atoms with Gasteiger partial charge in [0.2, 0.25) is 0 Å². The fourth-order valence-corrected chi connectivity index (χ4v) is 1.66. The van der Waals surface area contributed by atoms with Gasteiger partial charge in [0.05, 0.1) is 0 Å². The van der Waals surface area contributed by atoms with Crippen LogP contribution >= 0.6 is 0 Å². The summed E-state index contributed by atoms with van der Waals surface area (Å²) in [5, 5.41) is 0. The summed E-state index contributed by atoms with van der Waals surface area (Å²) in [6.07, 6.45) is 10.4. The summed E-state index contributed by atoms with van der Waals surface area (Å²) in [7, 11) is 0. The van der Waals surface area contributed by atoms with E-state index < -0.39 is 0 Å². The molecule has 0 nitrogen and oxygen atoms in total. The highest BCUT2D eigenvalue weighted by Gasteiger charge is 2.17. The van der Waals surface area contributed by atoms with E-state index >= 15 is 0 Å². The second kappa shape index (κ2) is 8.59. The minimum absolute atomic E-state index is 0. The molecule has 2 saturated carbocycles. The number of hydrogen-bond acceptors (Lipinski definition) is 0. The largest absolute Gasteiger partial charge is 0.0776 e. The van der Waals surface area contributed by atoms with Gasteiger partial charge in [0, 0.05) is 0 Å². The van der Waals surface area contributed by atoms with Crippen molar-refractivity contribution in [3.63, 3.8) is 0 Å². The molecule has 0 heterocycles. The first-order valence-corrected chi connectivity index (χ1v) is 5.33. The van der Waals surface area contributed by atoms with Crippen LogP contribution in [-0.2, 0) is 0 Å². The van der Waals surface area contributed by atoms with Crippen LogP contribution in [0.4, 0.5) is 0 Å². The molecule has 82 valence electrons. The molecule has 13 heavy (non-hydrogen) atoms. The van der Waals surface area contributed by atoms with Crippen molar-refractivity contribution < 1.29 is 0 Å². The van der Waals surface area contributed by atoms with Gasteiger partial charge < -0.3 is 0 Å². The fourth-order valence-electron chi connectivity index (χ4n) is 1.66. The minimum Gasteiger partial charge on any atom is -0.0776 e. The van der Waals surface area contributed by atoms with Crippen molar-refractivity contribution >= 4 is 0 Å². The third-order valence-corrected chi connectivity index (χ3v) is 2.92. The highest BCUT2D eigenvalue weighted by atomic mass is 14.2. The lowest BCUT2D eigenvalue weighted by Crippen LogP contribution is -1.78.